The zero-order valence-electron chi connectivity index (χ0n) is 13.7. The quantitative estimate of drug-likeness (QED) is 0.630. The van der Waals surface area contributed by atoms with E-state index in [1.54, 1.807) is 30.7 Å². The highest BCUT2D eigenvalue weighted by Crippen LogP contribution is 2.18. The molecule has 2 heterocycles. The maximum Gasteiger partial charge on any atom is 0.274 e. The van der Waals surface area contributed by atoms with Crippen LogP contribution in [0.1, 0.15) is 24.3 Å². The van der Waals surface area contributed by atoms with E-state index in [0.717, 1.165) is 11.1 Å². The zero-order valence-corrected chi connectivity index (χ0v) is 13.7. The van der Waals surface area contributed by atoms with E-state index in [1.807, 2.05) is 44.2 Å². The summed E-state index contributed by atoms with van der Waals surface area (Å²) in [7, 11) is 0. The molecule has 2 aromatic heterocycles. The number of nitrogens with zero attached hydrogens (tertiary/aromatic N) is 2. The summed E-state index contributed by atoms with van der Waals surface area (Å²) in [5, 5.41) is 10.1. The van der Waals surface area contributed by atoms with Gasteiger partial charge in [-0.1, -0.05) is 25.1 Å². The molecular formula is C19H20N4O. The van der Waals surface area contributed by atoms with Crippen molar-refractivity contribution < 1.29 is 4.79 Å². The van der Waals surface area contributed by atoms with E-state index in [1.165, 1.54) is 6.21 Å². The number of rotatable bonds is 6. The standard InChI is InChI=1S/C19H20N4O/c1-3-5-17(10-14(2)12-20)23-19(24)18-11-15(7-9-22-18)16-6-4-8-21-13-16/h3-14,20H,1-2H3,(H,23,24)/b5-3-,17-10+,20-12?. The summed E-state index contributed by atoms with van der Waals surface area (Å²) in [6.45, 7) is 3.75. The SMILES string of the molecule is C/C=C\C(=C/C(C)C=N)NC(=O)c1cc(-c2cccnc2)ccn1. The molecule has 1 amide bonds. The van der Waals surface area contributed by atoms with E-state index in [9.17, 15) is 4.79 Å². The van der Waals surface area contributed by atoms with Crippen molar-refractivity contribution in [3.63, 3.8) is 0 Å². The van der Waals surface area contributed by atoms with Gasteiger partial charge in [0.1, 0.15) is 5.69 Å². The molecule has 2 rings (SSSR count). The van der Waals surface area contributed by atoms with Crippen molar-refractivity contribution in [3.05, 3.63) is 72.5 Å². The molecule has 1 atom stereocenters. The van der Waals surface area contributed by atoms with Gasteiger partial charge in [0.15, 0.2) is 0 Å². The minimum Gasteiger partial charge on any atom is -0.321 e. The second kappa shape index (κ2) is 8.53. The zero-order chi connectivity index (χ0) is 17.4. The van der Waals surface area contributed by atoms with Crippen LogP contribution in [-0.4, -0.2) is 22.1 Å². The van der Waals surface area contributed by atoms with Crippen LogP contribution in [0.2, 0.25) is 0 Å². The van der Waals surface area contributed by atoms with Gasteiger partial charge in [-0.2, -0.15) is 0 Å². The van der Waals surface area contributed by atoms with Crippen molar-refractivity contribution in [3.8, 4) is 11.1 Å². The minimum atomic E-state index is -0.290. The molecule has 0 saturated carbocycles. The summed E-state index contributed by atoms with van der Waals surface area (Å²) in [6.07, 6.45) is 11.8. The lowest BCUT2D eigenvalue weighted by molar-refractivity contribution is 0.0962. The van der Waals surface area contributed by atoms with Crippen LogP contribution in [0.25, 0.3) is 11.1 Å². The minimum absolute atomic E-state index is 0.0637. The van der Waals surface area contributed by atoms with Crippen LogP contribution in [0, 0.1) is 11.3 Å². The average molecular weight is 320 g/mol. The second-order valence-corrected chi connectivity index (χ2v) is 5.27. The number of aromatic nitrogens is 2. The molecule has 0 bridgehead atoms. The molecule has 24 heavy (non-hydrogen) atoms. The molecule has 0 radical (unpaired) electrons. The molecule has 122 valence electrons. The molecular weight excluding hydrogens is 300 g/mol. The lowest BCUT2D eigenvalue weighted by Crippen LogP contribution is -2.23. The first-order valence-corrected chi connectivity index (χ1v) is 7.67. The summed E-state index contributed by atoms with van der Waals surface area (Å²) >= 11 is 0. The molecule has 0 aliphatic rings. The predicted molar refractivity (Wildman–Crippen MR) is 95.8 cm³/mol. The molecule has 0 aliphatic heterocycles. The normalized spacial score (nSPS) is 12.8. The van der Waals surface area contributed by atoms with Crippen molar-refractivity contribution in [2.24, 2.45) is 5.92 Å². The Labute approximate surface area is 141 Å². The van der Waals surface area contributed by atoms with Gasteiger partial charge in [-0.25, -0.2) is 0 Å². The highest BCUT2D eigenvalue weighted by atomic mass is 16.1. The number of hydrogen-bond donors (Lipinski definition) is 2. The Hall–Kier alpha value is -3.08. The maximum absolute atomic E-state index is 12.5. The van der Waals surface area contributed by atoms with E-state index < -0.39 is 0 Å². The number of amides is 1. The molecule has 2 N–H and O–H groups in total. The summed E-state index contributed by atoms with van der Waals surface area (Å²) in [6, 6.07) is 7.36. The molecule has 1 unspecified atom stereocenters. The number of hydrogen-bond acceptors (Lipinski definition) is 4. The van der Waals surface area contributed by atoms with Gasteiger partial charge >= 0.3 is 0 Å². The molecule has 0 spiro atoms. The second-order valence-electron chi connectivity index (χ2n) is 5.27. The summed E-state index contributed by atoms with van der Waals surface area (Å²) in [5.74, 6) is -0.353. The van der Waals surface area contributed by atoms with E-state index in [-0.39, 0.29) is 11.8 Å². The Kier molecular flexibility index (Phi) is 6.14. The van der Waals surface area contributed by atoms with Crippen molar-refractivity contribution in [1.82, 2.24) is 15.3 Å². The number of allylic oxidation sites excluding steroid dienone is 3. The van der Waals surface area contributed by atoms with E-state index in [0.29, 0.717) is 11.4 Å². The van der Waals surface area contributed by atoms with Crippen molar-refractivity contribution >= 4 is 12.1 Å². The Morgan fingerprint density at radius 3 is 2.79 bits per heavy atom. The smallest absolute Gasteiger partial charge is 0.274 e. The van der Waals surface area contributed by atoms with Gasteiger partial charge in [0, 0.05) is 42.0 Å². The lowest BCUT2D eigenvalue weighted by atomic mass is 10.1. The number of nitrogens with one attached hydrogen (secondary N) is 2. The third-order valence-corrected chi connectivity index (χ3v) is 3.30. The number of pyridine rings is 2. The highest BCUT2D eigenvalue weighted by Gasteiger charge is 2.10. The van der Waals surface area contributed by atoms with Crippen LogP contribution in [-0.2, 0) is 0 Å². The Morgan fingerprint density at radius 1 is 1.29 bits per heavy atom. The number of carbonyl (C=O) groups excluding carboxylic acids is 1. The summed E-state index contributed by atoms with van der Waals surface area (Å²) in [5.41, 5.74) is 2.78. The van der Waals surface area contributed by atoms with Gasteiger partial charge in [0.05, 0.1) is 0 Å². The van der Waals surface area contributed by atoms with Gasteiger partial charge in [-0.15, -0.1) is 0 Å². The van der Waals surface area contributed by atoms with E-state index in [4.69, 9.17) is 5.41 Å². The lowest BCUT2D eigenvalue weighted by Gasteiger charge is -2.08. The molecule has 2 aromatic rings. The Balaban J connectivity index is 2.23. The monoisotopic (exact) mass is 320 g/mol. The summed E-state index contributed by atoms with van der Waals surface area (Å²) < 4.78 is 0. The van der Waals surface area contributed by atoms with E-state index >= 15 is 0 Å². The van der Waals surface area contributed by atoms with Crippen LogP contribution < -0.4 is 5.32 Å². The molecule has 0 saturated heterocycles. The molecule has 5 nitrogen and oxygen atoms in total. The van der Waals surface area contributed by atoms with Gasteiger partial charge in [-0.05, 0) is 36.8 Å². The van der Waals surface area contributed by atoms with Crippen molar-refractivity contribution in [1.29, 1.82) is 5.41 Å². The third-order valence-electron chi connectivity index (χ3n) is 3.30. The van der Waals surface area contributed by atoms with Crippen LogP contribution in [0.3, 0.4) is 0 Å². The fourth-order valence-electron chi connectivity index (χ4n) is 2.11. The van der Waals surface area contributed by atoms with Crippen LogP contribution in [0.15, 0.2) is 66.8 Å². The topological polar surface area (TPSA) is 78.7 Å². The predicted octanol–water partition coefficient (Wildman–Crippen LogP) is 3.62. The maximum atomic E-state index is 12.5. The van der Waals surface area contributed by atoms with E-state index in [2.05, 4.69) is 15.3 Å². The molecule has 5 heteroatoms. The van der Waals surface area contributed by atoms with Gasteiger partial charge in [-0.3, -0.25) is 14.8 Å². The van der Waals surface area contributed by atoms with Gasteiger partial charge in [0.25, 0.3) is 5.91 Å². The molecule has 0 aliphatic carbocycles. The number of carbonyl (C=O) groups is 1. The van der Waals surface area contributed by atoms with Crippen LogP contribution >= 0.6 is 0 Å². The first-order valence-electron chi connectivity index (χ1n) is 7.67. The largest absolute Gasteiger partial charge is 0.321 e. The van der Waals surface area contributed by atoms with Crippen LogP contribution in [0.4, 0.5) is 0 Å². The average Bonchev–Trinajstić information content (AvgIpc) is 2.62. The van der Waals surface area contributed by atoms with Crippen molar-refractivity contribution in [2.45, 2.75) is 13.8 Å². The first-order chi connectivity index (χ1) is 11.6. The Morgan fingerprint density at radius 2 is 2.12 bits per heavy atom. The highest BCUT2D eigenvalue weighted by molar-refractivity contribution is 5.94. The van der Waals surface area contributed by atoms with Gasteiger partial charge in [0.2, 0.25) is 0 Å². The molecule has 0 fully saturated rings. The van der Waals surface area contributed by atoms with Gasteiger partial charge < -0.3 is 10.7 Å². The molecule has 0 aromatic carbocycles. The fourth-order valence-corrected chi connectivity index (χ4v) is 2.11. The van der Waals surface area contributed by atoms with Crippen molar-refractivity contribution in [2.75, 3.05) is 0 Å². The first kappa shape index (κ1) is 17.3. The third kappa shape index (κ3) is 4.71. The Bertz CT molecular complexity index is 766. The fraction of sp³-hybridized carbons (Fsp3) is 0.158. The summed E-state index contributed by atoms with van der Waals surface area (Å²) in [4.78, 5) is 20.7. The van der Waals surface area contributed by atoms with Crippen LogP contribution in [0.5, 0.6) is 0 Å².